The molecule has 0 heterocycles. The summed E-state index contributed by atoms with van der Waals surface area (Å²) < 4.78 is 22.2. The highest BCUT2D eigenvalue weighted by atomic mass is 28.3. The average Bonchev–Trinajstić information content (AvgIpc) is 2.66. The van der Waals surface area contributed by atoms with E-state index in [9.17, 15) is 4.79 Å². The fourth-order valence-electron chi connectivity index (χ4n) is 2.41. The van der Waals surface area contributed by atoms with Gasteiger partial charge in [0.2, 0.25) is 0 Å². The van der Waals surface area contributed by atoms with E-state index < -0.39 is 14.0 Å². The van der Waals surface area contributed by atoms with Crippen molar-refractivity contribution in [3.63, 3.8) is 0 Å². The summed E-state index contributed by atoms with van der Waals surface area (Å²) in [6.45, 7) is 7.91. The third-order valence-corrected chi connectivity index (χ3v) is 6.36. The van der Waals surface area contributed by atoms with E-state index in [0.29, 0.717) is 24.5 Å². The maximum absolute atomic E-state index is 11.6. The molecule has 0 fully saturated rings. The van der Waals surface area contributed by atoms with Gasteiger partial charge in [0.25, 0.3) is 0 Å². The smallest absolute Gasteiger partial charge is 0.337 e. The molecule has 146 valence electrons. The SMILES string of the molecule is COC(=O)c1cccc(OCOCC(OCc2ccccc2)[Si](C)(C)C)c1. The molecule has 0 bridgehead atoms. The number of methoxy groups -OCH3 is 1. The minimum Gasteiger partial charge on any atom is -0.468 e. The zero-order chi connectivity index (χ0) is 19.7. The van der Waals surface area contributed by atoms with Gasteiger partial charge >= 0.3 is 5.97 Å². The van der Waals surface area contributed by atoms with Crippen molar-refractivity contribution in [2.45, 2.75) is 32.0 Å². The van der Waals surface area contributed by atoms with Crippen molar-refractivity contribution in [2.75, 3.05) is 20.5 Å². The first-order valence-electron chi connectivity index (χ1n) is 8.94. The molecule has 5 nitrogen and oxygen atoms in total. The third-order valence-electron chi connectivity index (χ3n) is 4.09. The van der Waals surface area contributed by atoms with E-state index in [1.54, 1.807) is 24.3 Å². The number of esters is 1. The minimum absolute atomic E-state index is 0.0581. The summed E-state index contributed by atoms with van der Waals surface area (Å²) in [5.74, 6) is 0.169. The zero-order valence-corrected chi connectivity index (χ0v) is 17.4. The van der Waals surface area contributed by atoms with Crippen LogP contribution in [0.25, 0.3) is 0 Å². The van der Waals surface area contributed by atoms with Crippen LogP contribution in [0.3, 0.4) is 0 Å². The number of benzene rings is 2. The molecule has 2 aromatic rings. The summed E-state index contributed by atoms with van der Waals surface area (Å²) in [6, 6.07) is 17.0. The molecule has 0 aromatic heterocycles. The van der Waals surface area contributed by atoms with Gasteiger partial charge in [0.15, 0.2) is 6.79 Å². The molecule has 2 rings (SSSR count). The Balaban J connectivity index is 1.82. The predicted octanol–water partition coefficient (Wildman–Crippen LogP) is 4.29. The Labute approximate surface area is 162 Å². The van der Waals surface area contributed by atoms with Crippen LogP contribution >= 0.6 is 0 Å². The predicted molar refractivity (Wildman–Crippen MR) is 108 cm³/mol. The van der Waals surface area contributed by atoms with Crippen LogP contribution in [-0.2, 0) is 20.8 Å². The monoisotopic (exact) mass is 388 g/mol. The van der Waals surface area contributed by atoms with E-state index in [1.807, 2.05) is 18.2 Å². The Morgan fingerprint density at radius 2 is 1.78 bits per heavy atom. The van der Waals surface area contributed by atoms with Gasteiger partial charge in [-0.05, 0) is 23.8 Å². The second-order valence-corrected chi connectivity index (χ2v) is 12.7. The van der Waals surface area contributed by atoms with Crippen LogP contribution in [0.15, 0.2) is 54.6 Å². The molecule has 0 radical (unpaired) electrons. The maximum Gasteiger partial charge on any atom is 0.337 e. The maximum atomic E-state index is 11.6. The standard InChI is InChI=1S/C21H28O5Si/c1-23-21(22)18-11-8-12-19(13-18)26-16-24-15-20(27(2,3)4)25-14-17-9-6-5-7-10-17/h5-13,20H,14-16H2,1-4H3. The summed E-state index contributed by atoms with van der Waals surface area (Å²) in [6.07, 6.45) is 0. The summed E-state index contributed by atoms with van der Waals surface area (Å²) in [5, 5.41) is 0. The highest BCUT2D eigenvalue weighted by molar-refractivity contribution is 6.77. The van der Waals surface area contributed by atoms with Gasteiger partial charge in [-0.15, -0.1) is 0 Å². The first kappa shape index (κ1) is 21.2. The van der Waals surface area contributed by atoms with Gasteiger partial charge in [-0.2, -0.15) is 0 Å². The van der Waals surface area contributed by atoms with Gasteiger partial charge in [0, 0.05) is 0 Å². The first-order valence-corrected chi connectivity index (χ1v) is 12.5. The van der Waals surface area contributed by atoms with Crippen LogP contribution in [0.2, 0.25) is 19.6 Å². The first-order chi connectivity index (χ1) is 12.9. The second-order valence-electron chi connectivity index (χ2n) is 7.30. The van der Waals surface area contributed by atoms with Crippen LogP contribution in [0.1, 0.15) is 15.9 Å². The molecule has 1 unspecified atom stereocenters. The van der Waals surface area contributed by atoms with Crippen LogP contribution in [0.5, 0.6) is 5.75 Å². The summed E-state index contributed by atoms with van der Waals surface area (Å²) in [4.78, 5) is 11.6. The molecular weight excluding hydrogens is 360 g/mol. The van der Waals surface area contributed by atoms with Crippen molar-refractivity contribution in [3.05, 3.63) is 65.7 Å². The summed E-state index contributed by atoms with van der Waals surface area (Å²) in [5.41, 5.74) is 1.65. The Morgan fingerprint density at radius 1 is 1.04 bits per heavy atom. The van der Waals surface area contributed by atoms with E-state index in [1.165, 1.54) is 7.11 Å². The van der Waals surface area contributed by atoms with Crippen molar-refractivity contribution < 1.29 is 23.7 Å². The van der Waals surface area contributed by atoms with E-state index in [4.69, 9.17) is 18.9 Å². The second kappa shape index (κ2) is 10.3. The van der Waals surface area contributed by atoms with Crippen LogP contribution < -0.4 is 4.74 Å². The van der Waals surface area contributed by atoms with Crippen LogP contribution in [-0.4, -0.2) is 40.3 Å². The van der Waals surface area contributed by atoms with E-state index >= 15 is 0 Å². The third kappa shape index (κ3) is 7.17. The van der Waals surface area contributed by atoms with Crippen molar-refractivity contribution >= 4 is 14.0 Å². The molecule has 0 N–H and O–H groups in total. The fourth-order valence-corrected chi connectivity index (χ4v) is 3.62. The largest absolute Gasteiger partial charge is 0.468 e. The number of carbonyl (C=O) groups excluding carboxylic acids is 1. The lowest BCUT2D eigenvalue weighted by atomic mass is 10.2. The molecule has 27 heavy (non-hydrogen) atoms. The summed E-state index contributed by atoms with van der Waals surface area (Å²) >= 11 is 0. The average molecular weight is 389 g/mol. The molecule has 2 aromatic carbocycles. The number of rotatable bonds is 10. The minimum atomic E-state index is -1.56. The van der Waals surface area contributed by atoms with Crippen molar-refractivity contribution in [2.24, 2.45) is 0 Å². The topological polar surface area (TPSA) is 54.0 Å². The molecule has 0 saturated carbocycles. The lowest BCUT2D eigenvalue weighted by molar-refractivity contribution is -0.0371. The Hall–Kier alpha value is -2.15. The van der Waals surface area contributed by atoms with Crippen molar-refractivity contribution in [1.82, 2.24) is 0 Å². The molecule has 0 aliphatic heterocycles. The van der Waals surface area contributed by atoms with Crippen LogP contribution in [0, 0.1) is 0 Å². The normalized spacial score (nSPS) is 12.4. The molecule has 0 saturated heterocycles. The Morgan fingerprint density at radius 3 is 2.44 bits per heavy atom. The van der Waals surface area contributed by atoms with Gasteiger partial charge in [-0.25, -0.2) is 4.79 Å². The van der Waals surface area contributed by atoms with Crippen molar-refractivity contribution in [1.29, 1.82) is 0 Å². The summed E-state index contributed by atoms with van der Waals surface area (Å²) in [7, 11) is -0.210. The van der Waals surface area contributed by atoms with Crippen LogP contribution in [0.4, 0.5) is 0 Å². The van der Waals surface area contributed by atoms with Gasteiger partial charge < -0.3 is 18.9 Å². The molecule has 0 amide bonds. The lowest BCUT2D eigenvalue weighted by Crippen LogP contribution is -2.43. The van der Waals surface area contributed by atoms with E-state index in [2.05, 4.69) is 31.8 Å². The number of hydrogen-bond acceptors (Lipinski definition) is 5. The highest BCUT2D eigenvalue weighted by Gasteiger charge is 2.28. The number of ether oxygens (including phenoxy) is 4. The van der Waals surface area contributed by atoms with Gasteiger partial charge in [0.1, 0.15) is 5.75 Å². The fraction of sp³-hybridized carbons (Fsp3) is 0.381. The van der Waals surface area contributed by atoms with Gasteiger partial charge in [-0.3, -0.25) is 0 Å². The quantitative estimate of drug-likeness (QED) is 0.263. The molecular formula is C21H28O5Si. The zero-order valence-electron chi connectivity index (χ0n) is 16.4. The highest BCUT2D eigenvalue weighted by Crippen LogP contribution is 2.16. The molecule has 0 aliphatic carbocycles. The Kier molecular flexibility index (Phi) is 8.03. The van der Waals surface area contributed by atoms with Gasteiger partial charge in [-0.1, -0.05) is 56.0 Å². The molecule has 1 atom stereocenters. The van der Waals surface area contributed by atoms with E-state index in [0.717, 1.165) is 5.56 Å². The molecule has 6 heteroatoms. The van der Waals surface area contributed by atoms with Gasteiger partial charge in [0.05, 0.1) is 39.7 Å². The lowest BCUT2D eigenvalue weighted by Gasteiger charge is -2.29. The van der Waals surface area contributed by atoms with Crippen molar-refractivity contribution in [3.8, 4) is 5.75 Å². The number of hydrogen-bond donors (Lipinski definition) is 0. The van der Waals surface area contributed by atoms with E-state index in [-0.39, 0.29) is 12.5 Å². The Bertz CT molecular complexity index is 712. The molecule has 0 spiro atoms. The molecule has 0 aliphatic rings. The number of carbonyl (C=O) groups is 1.